The molecule has 0 amide bonds. The summed E-state index contributed by atoms with van der Waals surface area (Å²) < 4.78 is 28.8. The van der Waals surface area contributed by atoms with Crippen LogP contribution >= 0.6 is 31.9 Å². The second kappa shape index (κ2) is 5.98. The van der Waals surface area contributed by atoms with Crippen LogP contribution < -0.4 is 10.5 Å². The van der Waals surface area contributed by atoms with Gasteiger partial charge in [-0.3, -0.25) is 4.72 Å². The SMILES string of the molecule is Cc1cc(C)c(NS(=O)(=O)c2cc(Br)ccc2Br)cc1N. The predicted molar refractivity (Wildman–Crippen MR) is 93.0 cm³/mol. The summed E-state index contributed by atoms with van der Waals surface area (Å²) in [6, 6.07) is 8.46. The van der Waals surface area contributed by atoms with Crippen LogP contribution in [-0.4, -0.2) is 8.42 Å². The molecular weight excluding hydrogens is 420 g/mol. The van der Waals surface area contributed by atoms with E-state index in [2.05, 4.69) is 36.6 Å². The van der Waals surface area contributed by atoms with Gasteiger partial charge in [-0.25, -0.2) is 8.42 Å². The lowest BCUT2D eigenvalue weighted by molar-refractivity contribution is 0.600. The molecule has 0 aromatic heterocycles. The number of halogens is 2. The van der Waals surface area contributed by atoms with E-state index in [0.717, 1.165) is 11.1 Å². The molecule has 0 bridgehead atoms. The molecule has 0 aliphatic carbocycles. The fourth-order valence-corrected chi connectivity index (χ4v) is 4.49. The zero-order chi connectivity index (χ0) is 15.8. The van der Waals surface area contributed by atoms with Gasteiger partial charge in [0.25, 0.3) is 10.0 Å². The van der Waals surface area contributed by atoms with Gasteiger partial charge in [0.1, 0.15) is 4.90 Å². The Morgan fingerprint density at radius 2 is 1.71 bits per heavy atom. The number of hydrogen-bond donors (Lipinski definition) is 2. The van der Waals surface area contributed by atoms with Crippen LogP contribution in [0.1, 0.15) is 11.1 Å². The van der Waals surface area contributed by atoms with Crippen LogP contribution in [0, 0.1) is 13.8 Å². The Morgan fingerprint density at radius 3 is 2.38 bits per heavy atom. The summed E-state index contributed by atoms with van der Waals surface area (Å²) in [7, 11) is -3.70. The van der Waals surface area contributed by atoms with Gasteiger partial charge in [0.15, 0.2) is 0 Å². The third-order valence-electron chi connectivity index (χ3n) is 3.04. The van der Waals surface area contributed by atoms with Crippen molar-refractivity contribution in [3.8, 4) is 0 Å². The van der Waals surface area contributed by atoms with E-state index in [1.54, 1.807) is 24.3 Å². The third-order valence-corrected chi connectivity index (χ3v) is 5.89. The quantitative estimate of drug-likeness (QED) is 0.712. The van der Waals surface area contributed by atoms with Gasteiger partial charge in [-0.15, -0.1) is 0 Å². The topological polar surface area (TPSA) is 72.2 Å². The molecular formula is C14H14Br2N2O2S. The van der Waals surface area contributed by atoms with Gasteiger partial charge in [-0.1, -0.05) is 22.0 Å². The standard InChI is InChI=1S/C14H14Br2N2O2S/c1-8-5-9(2)13(7-12(8)17)18-21(19,20)14-6-10(15)3-4-11(14)16/h3-7,18H,17H2,1-2H3. The number of nitrogens with two attached hydrogens (primary N) is 1. The maximum atomic E-state index is 12.5. The Labute approximate surface area is 141 Å². The van der Waals surface area contributed by atoms with E-state index in [9.17, 15) is 8.42 Å². The average Bonchev–Trinajstić information content (AvgIpc) is 2.38. The minimum absolute atomic E-state index is 0.162. The van der Waals surface area contributed by atoms with Gasteiger partial charge in [0.2, 0.25) is 0 Å². The fraction of sp³-hybridized carbons (Fsp3) is 0.143. The van der Waals surface area contributed by atoms with Gasteiger partial charge >= 0.3 is 0 Å². The third kappa shape index (κ3) is 3.59. The molecule has 2 aromatic carbocycles. The molecule has 0 atom stereocenters. The number of nitrogen functional groups attached to an aromatic ring is 1. The minimum Gasteiger partial charge on any atom is -0.398 e. The van der Waals surface area contributed by atoms with Crippen LogP contribution in [-0.2, 0) is 10.0 Å². The molecule has 0 unspecified atom stereocenters. The zero-order valence-electron chi connectivity index (χ0n) is 11.4. The van der Waals surface area contributed by atoms with Gasteiger partial charge < -0.3 is 5.73 Å². The first-order valence-electron chi connectivity index (χ1n) is 6.05. The molecule has 2 aromatic rings. The van der Waals surface area contributed by atoms with Crippen molar-refractivity contribution in [1.29, 1.82) is 0 Å². The lowest BCUT2D eigenvalue weighted by Crippen LogP contribution is -2.15. The van der Waals surface area contributed by atoms with Crippen molar-refractivity contribution in [2.75, 3.05) is 10.5 Å². The van der Waals surface area contributed by atoms with Gasteiger partial charge in [-0.2, -0.15) is 0 Å². The van der Waals surface area contributed by atoms with Crippen LogP contribution in [0.5, 0.6) is 0 Å². The number of nitrogens with one attached hydrogen (secondary N) is 1. The van der Waals surface area contributed by atoms with Crippen LogP contribution in [0.3, 0.4) is 0 Å². The molecule has 21 heavy (non-hydrogen) atoms. The summed E-state index contributed by atoms with van der Waals surface area (Å²) >= 11 is 6.54. The van der Waals surface area contributed by atoms with Gasteiger partial charge in [0.05, 0.1) is 5.69 Å². The lowest BCUT2D eigenvalue weighted by Gasteiger charge is -2.14. The number of anilines is 2. The summed E-state index contributed by atoms with van der Waals surface area (Å²) in [6.45, 7) is 3.71. The summed E-state index contributed by atoms with van der Waals surface area (Å²) in [5.74, 6) is 0. The molecule has 3 N–H and O–H groups in total. The smallest absolute Gasteiger partial charge is 0.263 e. The molecule has 0 radical (unpaired) electrons. The van der Waals surface area contributed by atoms with Crippen LogP contribution in [0.4, 0.5) is 11.4 Å². The van der Waals surface area contributed by atoms with Crippen LogP contribution in [0.25, 0.3) is 0 Å². The van der Waals surface area contributed by atoms with Crippen LogP contribution in [0.15, 0.2) is 44.2 Å². The van der Waals surface area contributed by atoms with E-state index in [-0.39, 0.29) is 4.90 Å². The summed E-state index contributed by atoms with van der Waals surface area (Å²) in [4.78, 5) is 0.162. The highest BCUT2D eigenvalue weighted by Crippen LogP contribution is 2.29. The average molecular weight is 434 g/mol. The molecule has 112 valence electrons. The van der Waals surface area contributed by atoms with E-state index in [1.807, 2.05) is 19.9 Å². The first-order chi connectivity index (χ1) is 9.70. The Morgan fingerprint density at radius 1 is 1.05 bits per heavy atom. The Hall–Kier alpha value is -1.05. The summed E-state index contributed by atoms with van der Waals surface area (Å²) in [5.41, 5.74) is 8.61. The fourth-order valence-electron chi connectivity index (χ4n) is 1.86. The monoisotopic (exact) mass is 432 g/mol. The highest BCUT2D eigenvalue weighted by molar-refractivity contribution is 9.11. The predicted octanol–water partition coefficient (Wildman–Crippen LogP) is 4.21. The van der Waals surface area contributed by atoms with Crippen molar-refractivity contribution in [2.45, 2.75) is 18.7 Å². The minimum atomic E-state index is -3.70. The molecule has 7 heteroatoms. The Kier molecular flexibility index (Phi) is 4.65. The van der Waals surface area contributed by atoms with E-state index < -0.39 is 10.0 Å². The number of benzene rings is 2. The maximum Gasteiger partial charge on any atom is 0.263 e. The van der Waals surface area contributed by atoms with E-state index in [0.29, 0.717) is 20.3 Å². The lowest BCUT2D eigenvalue weighted by atomic mass is 10.1. The van der Waals surface area contributed by atoms with E-state index in [1.165, 1.54) is 0 Å². The van der Waals surface area contributed by atoms with Crippen molar-refractivity contribution in [1.82, 2.24) is 0 Å². The molecule has 0 fully saturated rings. The number of aryl methyl sites for hydroxylation is 2. The molecule has 0 saturated heterocycles. The second-order valence-electron chi connectivity index (χ2n) is 4.70. The van der Waals surface area contributed by atoms with Gasteiger partial charge in [0, 0.05) is 14.6 Å². The van der Waals surface area contributed by atoms with E-state index in [4.69, 9.17) is 5.73 Å². The first kappa shape index (κ1) is 16.3. The van der Waals surface area contributed by atoms with Crippen molar-refractivity contribution in [3.05, 3.63) is 50.4 Å². The summed E-state index contributed by atoms with van der Waals surface area (Å²) in [5, 5.41) is 0. The largest absolute Gasteiger partial charge is 0.398 e. The highest BCUT2D eigenvalue weighted by Gasteiger charge is 2.19. The van der Waals surface area contributed by atoms with Crippen molar-refractivity contribution < 1.29 is 8.42 Å². The van der Waals surface area contributed by atoms with Crippen molar-refractivity contribution >= 4 is 53.3 Å². The number of sulfonamides is 1. The normalized spacial score (nSPS) is 11.4. The van der Waals surface area contributed by atoms with Crippen molar-refractivity contribution in [2.24, 2.45) is 0 Å². The Balaban J connectivity index is 2.47. The van der Waals surface area contributed by atoms with Crippen LogP contribution in [0.2, 0.25) is 0 Å². The highest BCUT2D eigenvalue weighted by atomic mass is 79.9. The molecule has 2 rings (SSSR count). The molecule has 4 nitrogen and oxygen atoms in total. The molecule has 0 aliphatic rings. The zero-order valence-corrected chi connectivity index (χ0v) is 15.4. The summed E-state index contributed by atoms with van der Waals surface area (Å²) in [6.07, 6.45) is 0. The van der Waals surface area contributed by atoms with Crippen molar-refractivity contribution in [3.63, 3.8) is 0 Å². The first-order valence-corrected chi connectivity index (χ1v) is 9.12. The molecule has 0 saturated carbocycles. The molecule has 0 heterocycles. The number of rotatable bonds is 3. The molecule has 0 spiro atoms. The maximum absolute atomic E-state index is 12.5. The number of hydrogen-bond acceptors (Lipinski definition) is 3. The molecule has 0 aliphatic heterocycles. The second-order valence-corrected chi connectivity index (χ2v) is 8.12. The van der Waals surface area contributed by atoms with E-state index >= 15 is 0 Å². The Bertz CT molecular complexity index is 805. The van der Waals surface area contributed by atoms with Gasteiger partial charge in [-0.05, 0) is 65.2 Å².